The first-order valence-electron chi connectivity index (χ1n) is 13.5. The summed E-state index contributed by atoms with van der Waals surface area (Å²) >= 11 is 0. The van der Waals surface area contributed by atoms with Crippen LogP contribution in [0.15, 0.2) is 47.5 Å². The van der Waals surface area contributed by atoms with E-state index in [9.17, 15) is 14.7 Å². The molecule has 3 N–H and O–H groups in total. The zero-order chi connectivity index (χ0) is 28.5. The van der Waals surface area contributed by atoms with Gasteiger partial charge in [0.1, 0.15) is 17.0 Å². The predicted molar refractivity (Wildman–Crippen MR) is 154 cm³/mol. The molecule has 206 valence electrons. The number of H-pyrrole nitrogens is 1. The molecule has 8 nitrogen and oxygen atoms in total. The molecule has 3 heterocycles. The first-order valence-corrected chi connectivity index (χ1v) is 13.5. The summed E-state index contributed by atoms with van der Waals surface area (Å²) < 4.78 is 7.93. The van der Waals surface area contributed by atoms with Gasteiger partial charge in [-0.2, -0.15) is 0 Å². The topological polar surface area (TPSA) is 109 Å². The lowest BCUT2D eigenvalue weighted by Crippen LogP contribution is -2.27. The number of hydrogen-bond acceptors (Lipinski definition) is 5. The molecule has 0 aliphatic carbocycles. The number of aromatic nitrogens is 3. The number of carbonyl (C=O) groups is 1. The summed E-state index contributed by atoms with van der Waals surface area (Å²) in [5.41, 5.74) is 3.14. The average molecular weight is 531 g/mol. The second-order valence-corrected chi connectivity index (χ2v) is 10.7. The van der Waals surface area contributed by atoms with E-state index in [0.29, 0.717) is 64.3 Å². The minimum atomic E-state index is -1.09. The fourth-order valence-electron chi connectivity index (χ4n) is 5.11. The summed E-state index contributed by atoms with van der Waals surface area (Å²) in [5.74, 6) is 1.01. The van der Waals surface area contributed by atoms with Crippen molar-refractivity contribution in [3.8, 4) is 22.8 Å². The maximum Gasteiger partial charge on any atom is 0.274 e. The fraction of sp³-hybridized carbons (Fsp3) is 0.387. The quantitative estimate of drug-likeness (QED) is 0.256. The highest BCUT2D eigenvalue weighted by atomic mass is 16.5. The number of amides is 1. The lowest BCUT2D eigenvalue weighted by Gasteiger charge is -2.30. The van der Waals surface area contributed by atoms with E-state index in [1.807, 2.05) is 52.0 Å². The zero-order valence-electron chi connectivity index (χ0n) is 23.8. The molecule has 0 bridgehead atoms. The van der Waals surface area contributed by atoms with Crippen molar-refractivity contribution in [3.63, 3.8) is 0 Å². The van der Waals surface area contributed by atoms with Crippen LogP contribution >= 0.6 is 0 Å². The Morgan fingerprint density at radius 1 is 1.18 bits per heavy atom. The van der Waals surface area contributed by atoms with Gasteiger partial charge in [-0.05, 0) is 62.8 Å². The molecule has 0 fully saturated rings. The fourth-order valence-corrected chi connectivity index (χ4v) is 5.11. The second kappa shape index (κ2) is 11.1. The Balaban J connectivity index is 2.01. The molecular weight excluding hydrogens is 492 g/mol. The van der Waals surface area contributed by atoms with Crippen LogP contribution in [0.2, 0.25) is 0 Å². The standard InChI is InChI=1S/C31H38N4O4/c1-8-31(38,15-18(3)4)21-13-23(29(33-16-21)39-27-19(5)11-10-12-20(27)6)24-17-35(7)30(37)26-22(24)14-25(34-26)28(36)32-9-2/h10-14,16-18,34,38H,8-9,15H2,1-7H3,(H,32,36). The maximum absolute atomic E-state index is 13.1. The molecule has 4 rings (SSSR count). The van der Waals surface area contributed by atoms with E-state index in [4.69, 9.17) is 9.72 Å². The summed E-state index contributed by atoms with van der Waals surface area (Å²) in [6.07, 6.45) is 4.48. The highest BCUT2D eigenvalue weighted by molar-refractivity contribution is 6.03. The average Bonchev–Trinajstić information content (AvgIpc) is 3.34. The zero-order valence-corrected chi connectivity index (χ0v) is 23.8. The Hall–Kier alpha value is -3.91. The number of fused-ring (bicyclic) bond motifs is 1. The first kappa shape index (κ1) is 28.1. The third-order valence-electron chi connectivity index (χ3n) is 7.16. The molecule has 0 aliphatic rings. The summed E-state index contributed by atoms with van der Waals surface area (Å²) in [5, 5.41) is 15.0. The molecule has 0 saturated carbocycles. The van der Waals surface area contributed by atoms with E-state index < -0.39 is 5.60 Å². The molecule has 1 unspecified atom stereocenters. The number of aromatic amines is 1. The van der Waals surface area contributed by atoms with Crippen molar-refractivity contribution >= 4 is 16.8 Å². The largest absolute Gasteiger partial charge is 0.438 e. The van der Waals surface area contributed by atoms with Gasteiger partial charge in [0.25, 0.3) is 11.5 Å². The molecule has 0 radical (unpaired) electrons. The number of ether oxygens (including phenoxy) is 1. The molecule has 0 saturated heterocycles. The van der Waals surface area contributed by atoms with Crippen molar-refractivity contribution in [1.29, 1.82) is 0 Å². The number of nitrogens with one attached hydrogen (secondary N) is 2. The Kier molecular flexibility index (Phi) is 7.97. The summed E-state index contributed by atoms with van der Waals surface area (Å²) in [7, 11) is 1.67. The molecule has 4 aromatic rings. The maximum atomic E-state index is 13.1. The third kappa shape index (κ3) is 5.47. The smallest absolute Gasteiger partial charge is 0.274 e. The highest BCUT2D eigenvalue weighted by Crippen LogP contribution is 2.41. The van der Waals surface area contributed by atoms with Crippen molar-refractivity contribution in [2.75, 3.05) is 6.54 Å². The number of pyridine rings is 2. The molecule has 1 aromatic carbocycles. The van der Waals surface area contributed by atoms with Crippen LogP contribution in [0, 0.1) is 19.8 Å². The van der Waals surface area contributed by atoms with Crippen LogP contribution in [-0.4, -0.2) is 32.1 Å². The Morgan fingerprint density at radius 3 is 2.49 bits per heavy atom. The minimum absolute atomic E-state index is 0.254. The molecule has 1 amide bonds. The van der Waals surface area contributed by atoms with Crippen molar-refractivity contribution in [2.24, 2.45) is 13.0 Å². The van der Waals surface area contributed by atoms with Crippen LogP contribution < -0.4 is 15.6 Å². The van der Waals surface area contributed by atoms with Crippen LogP contribution in [0.3, 0.4) is 0 Å². The van der Waals surface area contributed by atoms with E-state index in [1.165, 1.54) is 4.57 Å². The van der Waals surface area contributed by atoms with E-state index in [1.54, 1.807) is 25.5 Å². The number of nitrogens with zero attached hydrogens (tertiary/aromatic N) is 2. The third-order valence-corrected chi connectivity index (χ3v) is 7.16. The van der Waals surface area contributed by atoms with Gasteiger partial charge in [0, 0.05) is 48.1 Å². The molecule has 3 aromatic heterocycles. The molecule has 39 heavy (non-hydrogen) atoms. The van der Waals surface area contributed by atoms with Gasteiger partial charge in [0.15, 0.2) is 0 Å². The van der Waals surface area contributed by atoms with Crippen LogP contribution in [0.1, 0.15) is 67.7 Å². The Bertz CT molecular complexity index is 1560. The van der Waals surface area contributed by atoms with Crippen LogP contribution in [0.25, 0.3) is 22.0 Å². The number of aliphatic hydroxyl groups is 1. The Morgan fingerprint density at radius 2 is 1.87 bits per heavy atom. The van der Waals surface area contributed by atoms with Gasteiger partial charge in [-0.3, -0.25) is 9.59 Å². The SMILES string of the molecule is CCNC(=O)c1cc2c(-c3cc(C(O)(CC)CC(C)C)cnc3Oc3c(C)cccc3C)cn(C)c(=O)c2[nH]1. The Labute approximate surface area is 229 Å². The van der Waals surface area contributed by atoms with Crippen molar-refractivity contribution in [3.05, 3.63) is 75.5 Å². The molecule has 8 heteroatoms. The second-order valence-electron chi connectivity index (χ2n) is 10.7. The van der Waals surface area contributed by atoms with Gasteiger partial charge in [0.2, 0.25) is 5.88 Å². The normalized spacial score (nSPS) is 13.1. The van der Waals surface area contributed by atoms with Gasteiger partial charge in [-0.1, -0.05) is 39.0 Å². The van der Waals surface area contributed by atoms with E-state index >= 15 is 0 Å². The molecular formula is C31H38N4O4. The monoisotopic (exact) mass is 530 g/mol. The van der Waals surface area contributed by atoms with E-state index in [0.717, 1.165) is 11.1 Å². The number of hydrogen-bond donors (Lipinski definition) is 3. The van der Waals surface area contributed by atoms with Gasteiger partial charge in [-0.15, -0.1) is 0 Å². The molecule has 1 atom stereocenters. The number of rotatable bonds is 9. The summed E-state index contributed by atoms with van der Waals surface area (Å²) in [4.78, 5) is 33.5. The van der Waals surface area contributed by atoms with Crippen molar-refractivity contribution < 1.29 is 14.6 Å². The van der Waals surface area contributed by atoms with Gasteiger partial charge < -0.3 is 24.7 Å². The minimum Gasteiger partial charge on any atom is -0.438 e. The lowest BCUT2D eigenvalue weighted by atomic mass is 9.83. The van der Waals surface area contributed by atoms with Crippen LogP contribution in [-0.2, 0) is 12.6 Å². The van der Waals surface area contributed by atoms with Crippen LogP contribution in [0.4, 0.5) is 0 Å². The number of carbonyl (C=O) groups excluding carboxylic acids is 1. The van der Waals surface area contributed by atoms with Gasteiger partial charge >= 0.3 is 0 Å². The van der Waals surface area contributed by atoms with Gasteiger partial charge in [-0.25, -0.2) is 4.98 Å². The molecule has 0 spiro atoms. The van der Waals surface area contributed by atoms with E-state index in [2.05, 4.69) is 24.1 Å². The number of aryl methyl sites for hydroxylation is 3. The lowest BCUT2D eigenvalue weighted by molar-refractivity contribution is 0.0110. The predicted octanol–water partition coefficient (Wildman–Crippen LogP) is 5.73. The highest BCUT2D eigenvalue weighted by Gasteiger charge is 2.30. The van der Waals surface area contributed by atoms with Gasteiger partial charge in [0.05, 0.1) is 5.60 Å². The summed E-state index contributed by atoms with van der Waals surface area (Å²) in [6.45, 7) is 12.4. The van der Waals surface area contributed by atoms with Crippen molar-refractivity contribution in [1.82, 2.24) is 19.9 Å². The number of para-hydroxylation sites is 1. The number of benzene rings is 1. The van der Waals surface area contributed by atoms with Crippen LogP contribution in [0.5, 0.6) is 11.6 Å². The van der Waals surface area contributed by atoms with Crippen molar-refractivity contribution in [2.45, 2.75) is 60.0 Å². The first-order chi connectivity index (χ1) is 18.5. The summed E-state index contributed by atoms with van der Waals surface area (Å²) in [6, 6.07) is 9.52. The molecule has 0 aliphatic heterocycles. The van der Waals surface area contributed by atoms with E-state index in [-0.39, 0.29) is 17.4 Å².